The van der Waals surface area contributed by atoms with Gasteiger partial charge in [0.25, 0.3) is 0 Å². The fourth-order valence-electron chi connectivity index (χ4n) is 10.5. The maximum atomic E-state index is 9.82. The zero-order valence-corrected chi connectivity index (χ0v) is 27.6. The lowest BCUT2D eigenvalue weighted by atomic mass is 9.42. The normalized spacial score (nSPS) is 24.1. The number of fused-ring (bicyclic) bond motifs is 3. The first-order valence-corrected chi connectivity index (χ1v) is 17.8. The van der Waals surface area contributed by atoms with Crippen LogP contribution in [-0.4, -0.2) is 15.0 Å². The fraction of sp³-hybridized carbons (Fsp3) is 0.244. The highest BCUT2D eigenvalue weighted by atomic mass is 15.0. The van der Waals surface area contributed by atoms with Crippen molar-refractivity contribution in [2.24, 2.45) is 23.7 Å². The van der Waals surface area contributed by atoms with Crippen molar-refractivity contribution < 1.29 is 0 Å². The van der Waals surface area contributed by atoms with Gasteiger partial charge in [-0.25, -0.2) is 15.0 Å². The van der Waals surface area contributed by atoms with Crippen LogP contribution in [0.2, 0.25) is 0 Å². The van der Waals surface area contributed by atoms with Gasteiger partial charge in [-0.1, -0.05) is 96.6 Å². The molecule has 0 aliphatic heterocycles. The van der Waals surface area contributed by atoms with Crippen LogP contribution < -0.4 is 0 Å². The molecule has 4 heteroatoms. The van der Waals surface area contributed by atoms with Crippen LogP contribution in [0.5, 0.6) is 0 Å². The summed E-state index contributed by atoms with van der Waals surface area (Å²) in [6, 6.07) is 43.2. The number of hydrogen-bond acceptors (Lipinski definition) is 4. The van der Waals surface area contributed by atoms with Crippen molar-refractivity contribution in [3.05, 3.63) is 138 Å². The first-order chi connectivity index (χ1) is 24.1. The molecule has 4 fully saturated rings. The highest BCUT2D eigenvalue weighted by molar-refractivity contribution is 5.91. The second kappa shape index (κ2) is 10.8. The smallest absolute Gasteiger partial charge is 0.164 e. The van der Waals surface area contributed by atoms with Crippen molar-refractivity contribution in [2.45, 2.75) is 44.4 Å². The lowest BCUT2D eigenvalue weighted by molar-refractivity contribution is -0.0397. The van der Waals surface area contributed by atoms with E-state index < -0.39 is 0 Å². The summed E-state index contributed by atoms with van der Waals surface area (Å²) in [5.74, 6) is 5.03. The van der Waals surface area contributed by atoms with Crippen LogP contribution >= 0.6 is 0 Å². The van der Waals surface area contributed by atoms with Crippen LogP contribution in [0.4, 0.5) is 0 Å². The van der Waals surface area contributed by atoms with Crippen molar-refractivity contribution in [1.82, 2.24) is 15.0 Å². The molecule has 0 radical (unpaired) electrons. The fourth-order valence-corrected chi connectivity index (χ4v) is 10.5. The topological polar surface area (TPSA) is 62.5 Å². The Kier molecular flexibility index (Phi) is 6.31. The minimum absolute atomic E-state index is 0.0170. The van der Waals surface area contributed by atoms with Crippen molar-refractivity contribution in [2.75, 3.05) is 0 Å². The van der Waals surface area contributed by atoms with E-state index in [0.717, 1.165) is 34.1 Å². The molecule has 0 amide bonds. The van der Waals surface area contributed by atoms with Crippen molar-refractivity contribution in [3.8, 4) is 62.5 Å². The summed E-state index contributed by atoms with van der Waals surface area (Å²) in [5.41, 5.74) is 12.9. The molecular formula is C45H36N4. The average Bonchev–Trinajstić information content (AvgIpc) is 3.44. The maximum Gasteiger partial charge on any atom is 0.164 e. The molecule has 236 valence electrons. The highest BCUT2D eigenvalue weighted by Crippen LogP contribution is 2.70. The second-order valence-corrected chi connectivity index (χ2v) is 14.9. The molecule has 4 nitrogen and oxygen atoms in total. The maximum absolute atomic E-state index is 9.82. The van der Waals surface area contributed by atoms with Gasteiger partial charge in [0.05, 0.1) is 11.6 Å². The standard InChI is InChI=1S/C45H36N4/c1-27-8-5-13-33(18-27)43-47-42(31-10-3-2-4-11-31)48-44(49-43)34-16-17-40-39(25-34)38-15-7-14-37(32-12-6-9-28(20-32)26-46)41(38)45(40)35-21-29-19-30(23-35)24-36(45)22-29/h2-18,20,25,29-30,35-36H,19,21-24H2,1H3. The zero-order chi connectivity index (χ0) is 32.7. The lowest BCUT2D eigenvalue weighted by Crippen LogP contribution is -2.55. The van der Waals surface area contributed by atoms with Gasteiger partial charge >= 0.3 is 0 Å². The van der Waals surface area contributed by atoms with E-state index in [0.29, 0.717) is 34.9 Å². The number of benzene rings is 5. The Labute approximate surface area is 287 Å². The minimum Gasteiger partial charge on any atom is -0.208 e. The zero-order valence-electron chi connectivity index (χ0n) is 27.6. The van der Waals surface area contributed by atoms with Crippen LogP contribution in [0.1, 0.15) is 54.4 Å². The number of aryl methyl sites for hydroxylation is 1. The van der Waals surface area contributed by atoms with Crippen LogP contribution in [0.25, 0.3) is 56.4 Å². The lowest BCUT2D eigenvalue weighted by Gasteiger charge is -2.61. The summed E-state index contributed by atoms with van der Waals surface area (Å²) in [6.45, 7) is 2.10. The number of nitriles is 1. The minimum atomic E-state index is -0.0170. The molecule has 0 unspecified atom stereocenters. The summed E-state index contributed by atoms with van der Waals surface area (Å²) in [4.78, 5) is 15.2. The Morgan fingerprint density at radius 2 is 1.16 bits per heavy atom. The molecular weight excluding hydrogens is 597 g/mol. The number of aromatic nitrogens is 3. The van der Waals surface area contributed by atoms with Gasteiger partial charge in [-0.15, -0.1) is 0 Å². The Hall–Kier alpha value is -5.40. The monoisotopic (exact) mass is 632 g/mol. The molecule has 1 heterocycles. The van der Waals surface area contributed by atoms with E-state index >= 15 is 0 Å². The summed E-state index contributed by atoms with van der Waals surface area (Å²) < 4.78 is 0. The molecule has 0 N–H and O–H groups in total. The van der Waals surface area contributed by atoms with Crippen molar-refractivity contribution >= 4 is 0 Å². The van der Waals surface area contributed by atoms with E-state index in [1.165, 1.54) is 65.5 Å². The molecule has 49 heavy (non-hydrogen) atoms. The molecule has 1 spiro atoms. The average molecular weight is 633 g/mol. The van der Waals surface area contributed by atoms with Gasteiger partial charge in [-0.3, -0.25) is 0 Å². The number of hydrogen-bond donors (Lipinski definition) is 0. The Balaban J connectivity index is 1.20. The van der Waals surface area contributed by atoms with Crippen LogP contribution in [0.3, 0.4) is 0 Å². The molecule has 0 atom stereocenters. The summed E-state index contributed by atoms with van der Waals surface area (Å²) in [7, 11) is 0. The largest absolute Gasteiger partial charge is 0.208 e. The van der Waals surface area contributed by atoms with Gasteiger partial charge in [0.15, 0.2) is 17.5 Å². The predicted molar refractivity (Wildman–Crippen MR) is 194 cm³/mol. The van der Waals surface area contributed by atoms with E-state index in [2.05, 4.69) is 97.9 Å². The Morgan fingerprint density at radius 1 is 0.551 bits per heavy atom. The predicted octanol–water partition coefficient (Wildman–Crippen LogP) is 10.4. The highest BCUT2D eigenvalue weighted by Gasteiger charge is 2.62. The van der Waals surface area contributed by atoms with Crippen LogP contribution in [0.15, 0.2) is 115 Å². The van der Waals surface area contributed by atoms with E-state index in [4.69, 9.17) is 15.0 Å². The molecule has 0 saturated heterocycles. The third-order valence-corrected chi connectivity index (χ3v) is 12.2. The molecule has 6 aromatic rings. The summed E-state index contributed by atoms with van der Waals surface area (Å²) in [5, 5.41) is 9.82. The van der Waals surface area contributed by atoms with Gasteiger partial charge in [-0.2, -0.15) is 5.26 Å². The van der Waals surface area contributed by atoms with E-state index in [1.807, 2.05) is 30.3 Å². The van der Waals surface area contributed by atoms with E-state index in [-0.39, 0.29) is 5.41 Å². The molecule has 4 saturated carbocycles. The van der Waals surface area contributed by atoms with Crippen LogP contribution in [0, 0.1) is 41.9 Å². The number of rotatable bonds is 4. The second-order valence-electron chi connectivity index (χ2n) is 14.9. The first-order valence-electron chi connectivity index (χ1n) is 17.8. The molecule has 5 aliphatic carbocycles. The summed E-state index contributed by atoms with van der Waals surface area (Å²) in [6.07, 6.45) is 6.67. The summed E-state index contributed by atoms with van der Waals surface area (Å²) >= 11 is 0. The third-order valence-electron chi connectivity index (χ3n) is 12.2. The first kappa shape index (κ1) is 28.6. The van der Waals surface area contributed by atoms with Gasteiger partial charge in [0, 0.05) is 22.1 Å². The van der Waals surface area contributed by atoms with E-state index in [9.17, 15) is 5.26 Å². The van der Waals surface area contributed by atoms with E-state index in [1.54, 1.807) is 0 Å². The van der Waals surface area contributed by atoms with Crippen LogP contribution in [-0.2, 0) is 5.41 Å². The quantitative estimate of drug-likeness (QED) is 0.194. The molecule has 1 aromatic heterocycles. The molecule has 4 bridgehead atoms. The Bertz CT molecular complexity index is 2300. The molecule has 11 rings (SSSR count). The van der Waals surface area contributed by atoms with Gasteiger partial charge in [0.2, 0.25) is 0 Å². The molecule has 5 aromatic carbocycles. The van der Waals surface area contributed by atoms with Crippen molar-refractivity contribution in [3.63, 3.8) is 0 Å². The molecule has 5 aliphatic rings. The SMILES string of the molecule is Cc1cccc(-c2nc(-c3ccccc3)nc(-c3ccc4c(c3)-c3cccc(-c5cccc(C#N)c5)c3C43C4CC5CC(C4)CC3C5)n2)c1. The van der Waals surface area contributed by atoms with Gasteiger partial charge in [0.1, 0.15) is 0 Å². The van der Waals surface area contributed by atoms with Gasteiger partial charge < -0.3 is 0 Å². The van der Waals surface area contributed by atoms with Gasteiger partial charge in [-0.05, 0) is 120 Å². The van der Waals surface area contributed by atoms with Crippen molar-refractivity contribution in [1.29, 1.82) is 5.26 Å². The Morgan fingerprint density at radius 3 is 1.88 bits per heavy atom. The number of nitrogens with zero attached hydrogens (tertiary/aromatic N) is 4. The third kappa shape index (κ3) is 4.31.